The maximum Gasteiger partial charge on any atom is 0.243 e. The summed E-state index contributed by atoms with van der Waals surface area (Å²) in [5.41, 5.74) is 6.21. The lowest BCUT2D eigenvalue weighted by Crippen LogP contribution is -2.35. The Kier molecular flexibility index (Phi) is 14.4. The molecule has 0 bridgehead atoms. The molecule has 2 fully saturated rings. The quantitative estimate of drug-likeness (QED) is 0.295. The van der Waals surface area contributed by atoms with Gasteiger partial charge in [-0.25, -0.2) is 13.2 Å². The fourth-order valence-electron chi connectivity index (χ4n) is 5.27. The van der Waals surface area contributed by atoms with Crippen LogP contribution < -0.4 is 16.4 Å². The Bertz CT molecular complexity index is 1080. The highest BCUT2D eigenvalue weighted by Crippen LogP contribution is 2.34. The second-order valence-corrected chi connectivity index (χ2v) is 10.8. The summed E-state index contributed by atoms with van der Waals surface area (Å²) in [6.45, 7) is 4.46. The predicted molar refractivity (Wildman–Crippen MR) is 152 cm³/mol. The van der Waals surface area contributed by atoms with Gasteiger partial charge in [-0.15, -0.1) is 0 Å². The van der Waals surface area contributed by atoms with E-state index in [1.807, 2.05) is 0 Å². The number of carbonyl (C=O) groups is 1. The summed E-state index contributed by atoms with van der Waals surface area (Å²) in [5, 5.41) is 6.65. The van der Waals surface area contributed by atoms with E-state index < -0.39 is 29.5 Å². The molecule has 2 saturated heterocycles. The van der Waals surface area contributed by atoms with Crippen LogP contribution in [0, 0.1) is 29.3 Å². The molecule has 7 nitrogen and oxygen atoms in total. The molecule has 11 heteroatoms. The minimum atomic E-state index is -0.821. The molecule has 41 heavy (non-hydrogen) atoms. The van der Waals surface area contributed by atoms with E-state index in [-0.39, 0.29) is 29.6 Å². The highest BCUT2D eigenvalue weighted by molar-refractivity contribution is 6.30. The van der Waals surface area contributed by atoms with Gasteiger partial charge in [-0.05, 0) is 69.0 Å². The molecule has 228 valence electrons. The van der Waals surface area contributed by atoms with Gasteiger partial charge >= 0.3 is 0 Å². The number of primary amides is 1. The van der Waals surface area contributed by atoms with Gasteiger partial charge in [0.1, 0.15) is 12.4 Å². The molecular weight excluding hydrogens is 559 g/mol. The molecule has 2 heterocycles. The Labute approximate surface area is 245 Å². The van der Waals surface area contributed by atoms with Gasteiger partial charge in [0, 0.05) is 50.8 Å². The van der Waals surface area contributed by atoms with Crippen molar-refractivity contribution in [3.8, 4) is 0 Å². The lowest BCUT2D eigenvalue weighted by Gasteiger charge is -2.31. The molecule has 0 saturated carbocycles. The average molecular weight is 600 g/mol. The summed E-state index contributed by atoms with van der Waals surface area (Å²) in [4.78, 5) is 10.9. The first kappa shape index (κ1) is 33.3. The molecular formula is C30H41ClF3N3O4. The van der Waals surface area contributed by atoms with Crippen LogP contribution in [-0.4, -0.2) is 59.0 Å². The number of hydrogen-bond acceptors (Lipinski definition) is 6. The van der Waals surface area contributed by atoms with Gasteiger partial charge in [-0.3, -0.25) is 4.79 Å². The normalized spacial score (nSPS) is 20.5. The second-order valence-electron chi connectivity index (χ2n) is 10.4. The molecule has 2 aliphatic heterocycles. The Morgan fingerprint density at radius 1 is 0.976 bits per heavy atom. The molecule has 4 rings (SSSR count). The number of nitrogens with one attached hydrogen (secondary N) is 2. The van der Waals surface area contributed by atoms with E-state index in [0.717, 1.165) is 58.3 Å². The minimum Gasteiger partial charge on any atom is -0.385 e. The zero-order chi connectivity index (χ0) is 29.6. The number of amides is 1. The third-order valence-corrected chi connectivity index (χ3v) is 7.57. The van der Waals surface area contributed by atoms with Gasteiger partial charge in [0.15, 0.2) is 11.6 Å². The maximum absolute atomic E-state index is 14.2. The summed E-state index contributed by atoms with van der Waals surface area (Å²) in [6.07, 6.45) is 4.06. The van der Waals surface area contributed by atoms with Crippen LogP contribution >= 0.6 is 11.6 Å². The van der Waals surface area contributed by atoms with E-state index in [4.69, 9.17) is 31.5 Å². The van der Waals surface area contributed by atoms with Crippen molar-refractivity contribution in [3.05, 3.63) is 70.0 Å². The number of piperidine rings is 2. The number of nitrogens with two attached hydrogens (primary N) is 1. The smallest absolute Gasteiger partial charge is 0.243 e. The van der Waals surface area contributed by atoms with E-state index in [1.165, 1.54) is 18.2 Å². The lowest BCUT2D eigenvalue weighted by molar-refractivity contribution is -0.126. The van der Waals surface area contributed by atoms with Crippen LogP contribution in [-0.2, 0) is 19.0 Å². The summed E-state index contributed by atoms with van der Waals surface area (Å²) in [6, 6.07) is 8.86. The Morgan fingerprint density at radius 2 is 1.66 bits per heavy atom. The molecule has 0 radical (unpaired) electrons. The number of halogens is 4. The van der Waals surface area contributed by atoms with Crippen LogP contribution in [0.2, 0.25) is 5.02 Å². The topological polar surface area (TPSA) is 94.8 Å². The highest BCUT2D eigenvalue weighted by Gasteiger charge is 2.29. The van der Waals surface area contributed by atoms with Gasteiger partial charge < -0.3 is 30.6 Å². The van der Waals surface area contributed by atoms with Crippen LogP contribution in [0.3, 0.4) is 0 Å². The summed E-state index contributed by atoms with van der Waals surface area (Å²) >= 11 is 5.82. The fraction of sp³-hybridized carbons (Fsp3) is 0.567. The molecule has 0 spiro atoms. The fourth-order valence-corrected chi connectivity index (χ4v) is 5.46. The second kappa shape index (κ2) is 17.7. The summed E-state index contributed by atoms with van der Waals surface area (Å²) < 4.78 is 57.3. The van der Waals surface area contributed by atoms with E-state index in [1.54, 1.807) is 25.3 Å². The van der Waals surface area contributed by atoms with E-state index in [9.17, 15) is 18.0 Å². The van der Waals surface area contributed by atoms with Crippen LogP contribution in [0.4, 0.5) is 13.2 Å². The van der Waals surface area contributed by atoms with Crippen molar-refractivity contribution in [2.24, 2.45) is 17.6 Å². The number of rotatable bonds is 12. The Balaban J connectivity index is 0.000000226. The number of carbonyl (C=O) groups excluding carboxylic acids is 1. The number of hydrogen-bond donors (Lipinski definition) is 3. The molecule has 4 N–H and O–H groups in total. The largest absolute Gasteiger partial charge is 0.385 e. The third kappa shape index (κ3) is 10.5. The van der Waals surface area contributed by atoms with Crippen molar-refractivity contribution in [2.75, 3.05) is 53.1 Å². The van der Waals surface area contributed by atoms with Crippen molar-refractivity contribution < 1.29 is 32.2 Å². The third-order valence-electron chi connectivity index (χ3n) is 7.28. The van der Waals surface area contributed by atoms with E-state index >= 15 is 0 Å². The molecule has 2 unspecified atom stereocenters. The van der Waals surface area contributed by atoms with Gasteiger partial charge in [-0.2, -0.15) is 0 Å². The van der Waals surface area contributed by atoms with Crippen molar-refractivity contribution in [1.82, 2.24) is 10.6 Å². The number of methoxy groups -OCH3 is 1. The van der Waals surface area contributed by atoms with Crippen molar-refractivity contribution in [3.63, 3.8) is 0 Å². The molecule has 1 amide bonds. The first-order valence-electron chi connectivity index (χ1n) is 14.1. The first-order chi connectivity index (χ1) is 19.8. The van der Waals surface area contributed by atoms with Crippen molar-refractivity contribution >= 4 is 17.5 Å². The zero-order valence-electron chi connectivity index (χ0n) is 23.5. The summed E-state index contributed by atoms with van der Waals surface area (Å²) in [5.74, 6) is -2.32. The SMILES string of the molecule is COCCCO[C@@H](c1ccc(F)c(F)c1)C1CCCNC1.NC(=O)CO[C@H](c1cccc(Cl)c1F)C1CCCNC1. The lowest BCUT2D eigenvalue weighted by atomic mass is 9.89. The van der Waals surface area contributed by atoms with Gasteiger partial charge in [0.2, 0.25) is 5.91 Å². The van der Waals surface area contributed by atoms with Crippen LogP contribution in [0.1, 0.15) is 55.4 Å². The minimum absolute atomic E-state index is 0.0546. The monoisotopic (exact) mass is 599 g/mol. The van der Waals surface area contributed by atoms with Crippen molar-refractivity contribution in [1.29, 1.82) is 0 Å². The molecule has 2 aromatic rings. The number of ether oxygens (including phenoxy) is 3. The molecule has 0 aromatic heterocycles. The van der Waals surface area contributed by atoms with Gasteiger partial charge in [-0.1, -0.05) is 29.8 Å². The van der Waals surface area contributed by atoms with E-state index in [2.05, 4.69) is 10.6 Å². The standard InChI is InChI=1S/C16H23F2NO2.C14H18ClFN2O2/c1-20-8-3-9-21-16(13-4-2-7-19-11-13)12-5-6-14(17)15(18)10-12;15-11-5-1-4-10(13(11)16)14(20-8-12(17)19)9-3-2-6-18-7-9/h5-6,10,13,16,19H,2-4,7-9,11H2,1H3;1,4-5,9,14,18H,2-3,6-8H2,(H2,17,19)/t13?,16-;9?,14-/m00/s1. The highest BCUT2D eigenvalue weighted by atomic mass is 35.5. The van der Waals surface area contributed by atoms with Crippen LogP contribution in [0.15, 0.2) is 36.4 Å². The molecule has 4 atom stereocenters. The van der Waals surface area contributed by atoms with E-state index in [0.29, 0.717) is 24.3 Å². The predicted octanol–water partition coefficient (Wildman–Crippen LogP) is 5.08. The first-order valence-corrected chi connectivity index (χ1v) is 14.5. The van der Waals surface area contributed by atoms with Crippen molar-refractivity contribution in [2.45, 2.75) is 44.3 Å². The zero-order valence-corrected chi connectivity index (χ0v) is 24.2. The molecule has 0 aliphatic carbocycles. The Hall–Kier alpha value is -2.21. The van der Waals surface area contributed by atoms with Crippen LogP contribution in [0.25, 0.3) is 0 Å². The summed E-state index contributed by atoms with van der Waals surface area (Å²) in [7, 11) is 1.65. The number of benzene rings is 2. The van der Waals surface area contributed by atoms with Gasteiger partial charge in [0.05, 0.1) is 17.2 Å². The maximum atomic E-state index is 14.2. The average Bonchev–Trinajstić information content (AvgIpc) is 2.98. The van der Waals surface area contributed by atoms with Gasteiger partial charge in [0.25, 0.3) is 0 Å². The molecule has 2 aromatic carbocycles. The molecule has 2 aliphatic rings. The van der Waals surface area contributed by atoms with Crippen LogP contribution in [0.5, 0.6) is 0 Å². The Morgan fingerprint density at radius 3 is 2.24 bits per heavy atom.